The Labute approximate surface area is 95.6 Å². The third kappa shape index (κ3) is 4.31. The van der Waals surface area contributed by atoms with Gasteiger partial charge < -0.3 is 14.8 Å². The topological polar surface area (TPSA) is 47.6 Å². The van der Waals surface area contributed by atoms with Crippen molar-refractivity contribution in [1.82, 2.24) is 5.32 Å². The second-order valence-corrected chi connectivity index (χ2v) is 4.14. The molecule has 1 rings (SSSR count). The summed E-state index contributed by atoms with van der Waals surface area (Å²) in [6, 6.07) is 8.93. The molecule has 0 bridgehead atoms. The molecule has 1 N–H and O–H groups in total. The van der Waals surface area contributed by atoms with Crippen LogP contribution in [0.5, 0.6) is 5.75 Å². The van der Waals surface area contributed by atoms with Crippen LogP contribution in [0.15, 0.2) is 30.3 Å². The minimum Gasteiger partial charge on any atom is -0.410 e. The van der Waals surface area contributed by atoms with Crippen molar-refractivity contribution >= 4 is 6.09 Å². The van der Waals surface area contributed by atoms with E-state index in [1.807, 2.05) is 32.0 Å². The molecule has 1 amide bonds. The van der Waals surface area contributed by atoms with Crippen molar-refractivity contribution in [3.05, 3.63) is 30.3 Å². The molecule has 0 saturated carbocycles. The fourth-order valence-electron chi connectivity index (χ4n) is 1.29. The van der Waals surface area contributed by atoms with Gasteiger partial charge in [0.15, 0.2) is 0 Å². The van der Waals surface area contributed by atoms with Crippen molar-refractivity contribution in [2.24, 2.45) is 0 Å². The molecule has 0 aliphatic rings. The van der Waals surface area contributed by atoms with Crippen LogP contribution in [0.2, 0.25) is 0 Å². The summed E-state index contributed by atoms with van der Waals surface area (Å²) >= 11 is 0. The Balaban J connectivity index is 2.48. The van der Waals surface area contributed by atoms with Crippen LogP contribution in [-0.4, -0.2) is 25.3 Å². The van der Waals surface area contributed by atoms with E-state index >= 15 is 0 Å². The van der Waals surface area contributed by atoms with Gasteiger partial charge in [0.1, 0.15) is 5.75 Å². The summed E-state index contributed by atoms with van der Waals surface area (Å²) in [6.07, 6.45) is -0.478. The smallest absolute Gasteiger partial charge is 0.410 e. The maximum atomic E-state index is 11.5. The second-order valence-electron chi connectivity index (χ2n) is 4.14. The van der Waals surface area contributed by atoms with Gasteiger partial charge in [0.05, 0.1) is 12.1 Å². The summed E-state index contributed by atoms with van der Waals surface area (Å²) < 4.78 is 10.1. The zero-order valence-electron chi connectivity index (χ0n) is 9.82. The average Bonchev–Trinajstić information content (AvgIpc) is 2.17. The number of hydrogen-bond donors (Lipinski definition) is 1. The molecule has 0 heterocycles. The molecule has 1 aromatic carbocycles. The average molecular weight is 223 g/mol. The SMILES string of the molecule is COCC(C)(C)NC(=O)Oc1ccccc1. The second kappa shape index (κ2) is 5.51. The number of methoxy groups -OCH3 is 1. The van der Waals surface area contributed by atoms with Crippen molar-refractivity contribution in [1.29, 1.82) is 0 Å². The highest BCUT2D eigenvalue weighted by molar-refractivity contribution is 5.71. The van der Waals surface area contributed by atoms with Crippen molar-refractivity contribution in [3.63, 3.8) is 0 Å². The lowest BCUT2D eigenvalue weighted by Gasteiger charge is -2.24. The number of rotatable bonds is 4. The maximum absolute atomic E-state index is 11.5. The van der Waals surface area contributed by atoms with Crippen LogP contribution in [0, 0.1) is 0 Å². The Bertz CT molecular complexity index is 335. The van der Waals surface area contributed by atoms with Gasteiger partial charge in [0.25, 0.3) is 0 Å². The molecular weight excluding hydrogens is 206 g/mol. The Morgan fingerprint density at radius 1 is 1.31 bits per heavy atom. The minimum atomic E-state index is -0.478. The predicted octanol–water partition coefficient (Wildman–Crippen LogP) is 2.20. The Kier molecular flexibility index (Phi) is 4.31. The highest BCUT2D eigenvalue weighted by atomic mass is 16.6. The molecular formula is C12H17NO3. The lowest BCUT2D eigenvalue weighted by atomic mass is 10.1. The van der Waals surface area contributed by atoms with E-state index in [1.165, 1.54) is 0 Å². The monoisotopic (exact) mass is 223 g/mol. The number of ether oxygens (including phenoxy) is 2. The number of carbonyl (C=O) groups is 1. The van der Waals surface area contributed by atoms with Gasteiger partial charge in [0.2, 0.25) is 0 Å². The summed E-state index contributed by atoms with van der Waals surface area (Å²) in [5.41, 5.74) is -0.444. The van der Waals surface area contributed by atoms with Gasteiger partial charge in [-0.2, -0.15) is 0 Å². The van der Waals surface area contributed by atoms with Crippen molar-refractivity contribution < 1.29 is 14.3 Å². The molecule has 0 atom stereocenters. The van der Waals surface area contributed by atoms with Crippen LogP contribution < -0.4 is 10.1 Å². The summed E-state index contributed by atoms with van der Waals surface area (Å²) in [7, 11) is 1.59. The van der Waals surface area contributed by atoms with Crippen molar-refractivity contribution in [2.75, 3.05) is 13.7 Å². The molecule has 0 radical (unpaired) electrons. The molecule has 4 heteroatoms. The first-order valence-electron chi connectivity index (χ1n) is 5.07. The Morgan fingerprint density at radius 2 is 1.94 bits per heavy atom. The molecule has 0 fully saturated rings. The maximum Gasteiger partial charge on any atom is 0.413 e. The highest BCUT2D eigenvalue weighted by Crippen LogP contribution is 2.09. The first-order valence-corrected chi connectivity index (χ1v) is 5.07. The molecule has 0 spiro atoms. The largest absolute Gasteiger partial charge is 0.413 e. The van der Waals surface area contributed by atoms with E-state index in [-0.39, 0.29) is 0 Å². The number of benzene rings is 1. The lowest BCUT2D eigenvalue weighted by molar-refractivity contribution is 0.122. The zero-order valence-corrected chi connectivity index (χ0v) is 9.82. The Morgan fingerprint density at radius 3 is 2.50 bits per heavy atom. The standard InChI is InChI=1S/C12H17NO3/c1-12(2,9-15-3)13-11(14)16-10-7-5-4-6-8-10/h4-8H,9H2,1-3H3,(H,13,14). The molecule has 1 aromatic rings. The normalized spacial score (nSPS) is 10.9. The highest BCUT2D eigenvalue weighted by Gasteiger charge is 2.21. The fourth-order valence-corrected chi connectivity index (χ4v) is 1.29. The van der Waals surface area contributed by atoms with Gasteiger partial charge in [-0.15, -0.1) is 0 Å². The zero-order chi connectivity index (χ0) is 12.0. The van der Waals surface area contributed by atoms with Crippen LogP contribution >= 0.6 is 0 Å². The van der Waals surface area contributed by atoms with E-state index in [9.17, 15) is 4.79 Å². The summed E-state index contributed by atoms with van der Waals surface area (Å²) in [6.45, 7) is 4.16. The van der Waals surface area contributed by atoms with Crippen LogP contribution in [0.1, 0.15) is 13.8 Å². The van der Waals surface area contributed by atoms with Crippen LogP contribution in [-0.2, 0) is 4.74 Å². The van der Waals surface area contributed by atoms with E-state index in [4.69, 9.17) is 9.47 Å². The number of nitrogens with one attached hydrogen (secondary N) is 1. The number of hydrogen-bond acceptors (Lipinski definition) is 3. The third-order valence-corrected chi connectivity index (χ3v) is 1.90. The molecule has 0 aromatic heterocycles. The number of carbonyl (C=O) groups excluding carboxylic acids is 1. The van der Waals surface area contributed by atoms with Crippen molar-refractivity contribution in [3.8, 4) is 5.75 Å². The Hall–Kier alpha value is -1.55. The van der Waals surface area contributed by atoms with Crippen LogP contribution in [0.3, 0.4) is 0 Å². The number of amides is 1. The molecule has 0 aliphatic heterocycles. The molecule has 4 nitrogen and oxygen atoms in total. The van der Waals surface area contributed by atoms with Gasteiger partial charge in [-0.25, -0.2) is 4.79 Å². The van der Waals surface area contributed by atoms with E-state index in [0.29, 0.717) is 12.4 Å². The third-order valence-electron chi connectivity index (χ3n) is 1.90. The first kappa shape index (κ1) is 12.5. The molecule has 0 saturated heterocycles. The summed E-state index contributed by atoms with van der Waals surface area (Å²) in [5.74, 6) is 0.521. The van der Waals surface area contributed by atoms with Crippen LogP contribution in [0.25, 0.3) is 0 Å². The lowest BCUT2D eigenvalue weighted by Crippen LogP contribution is -2.47. The summed E-state index contributed by atoms with van der Waals surface area (Å²) in [4.78, 5) is 11.5. The van der Waals surface area contributed by atoms with Gasteiger partial charge in [-0.05, 0) is 26.0 Å². The van der Waals surface area contributed by atoms with Gasteiger partial charge in [-0.1, -0.05) is 18.2 Å². The van der Waals surface area contributed by atoms with E-state index < -0.39 is 11.6 Å². The molecule has 16 heavy (non-hydrogen) atoms. The fraction of sp³-hybridized carbons (Fsp3) is 0.417. The van der Waals surface area contributed by atoms with Gasteiger partial charge in [-0.3, -0.25) is 0 Å². The van der Waals surface area contributed by atoms with E-state index in [0.717, 1.165) is 0 Å². The number of para-hydroxylation sites is 1. The van der Waals surface area contributed by atoms with Crippen LogP contribution in [0.4, 0.5) is 4.79 Å². The van der Waals surface area contributed by atoms with Gasteiger partial charge >= 0.3 is 6.09 Å². The quantitative estimate of drug-likeness (QED) is 0.851. The minimum absolute atomic E-state index is 0.427. The van der Waals surface area contributed by atoms with E-state index in [2.05, 4.69) is 5.32 Å². The molecule has 0 unspecified atom stereocenters. The molecule has 88 valence electrons. The summed E-state index contributed by atoms with van der Waals surface area (Å²) in [5, 5.41) is 2.72. The van der Waals surface area contributed by atoms with Gasteiger partial charge in [0, 0.05) is 7.11 Å². The van der Waals surface area contributed by atoms with E-state index in [1.54, 1.807) is 19.2 Å². The predicted molar refractivity (Wildman–Crippen MR) is 61.6 cm³/mol. The van der Waals surface area contributed by atoms with Crippen molar-refractivity contribution in [2.45, 2.75) is 19.4 Å². The molecule has 0 aliphatic carbocycles. The first-order chi connectivity index (χ1) is 7.53.